The SMILES string of the molecule is CC1C=CC=C(NC(=O)N2CCC(C)CC2)C=C1. The van der Waals surface area contributed by atoms with Crippen molar-refractivity contribution in [3.63, 3.8) is 0 Å². The number of hydrogen-bond donors (Lipinski definition) is 1. The van der Waals surface area contributed by atoms with Crippen molar-refractivity contribution in [1.29, 1.82) is 0 Å². The Kier molecular flexibility index (Phi) is 4.24. The predicted octanol–water partition coefficient (Wildman–Crippen LogP) is 3.07. The van der Waals surface area contributed by atoms with Gasteiger partial charge in [-0.2, -0.15) is 0 Å². The molecule has 18 heavy (non-hydrogen) atoms. The molecule has 1 unspecified atom stereocenters. The van der Waals surface area contributed by atoms with Crippen molar-refractivity contribution in [3.05, 3.63) is 36.1 Å². The zero-order chi connectivity index (χ0) is 13.0. The maximum atomic E-state index is 12.1. The number of hydrogen-bond acceptors (Lipinski definition) is 1. The Bertz CT molecular complexity index is 387. The van der Waals surface area contributed by atoms with Crippen LogP contribution in [0.4, 0.5) is 4.79 Å². The Labute approximate surface area is 109 Å². The van der Waals surface area contributed by atoms with Gasteiger partial charge in [0.25, 0.3) is 0 Å². The van der Waals surface area contributed by atoms with Crippen molar-refractivity contribution >= 4 is 6.03 Å². The van der Waals surface area contributed by atoms with E-state index in [1.54, 1.807) is 0 Å². The minimum atomic E-state index is 0.0285. The smallest absolute Gasteiger partial charge is 0.321 e. The van der Waals surface area contributed by atoms with Crippen molar-refractivity contribution in [2.24, 2.45) is 11.8 Å². The van der Waals surface area contributed by atoms with Gasteiger partial charge < -0.3 is 10.2 Å². The number of carbonyl (C=O) groups excluding carboxylic acids is 1. The summed E-state index contributed by atoms with van der Waals surface area (Å²) in [6.07, 6.45) is 12.3. The lowest BCUT2D eigenvalue weighted by Gasteiger charge is -2.30. The zero-order valence-electron chi connectivity index (χ0n) is 11.2. The summed E-state index contributed by atoms with van der Waals surface area (Å²) in [5.41, 5.74) is 0.874. The van der Waals surface area contributed by atoms with Crippen molar-refractivity contribution in [1.82, 2.24) is 10.2 Å². The molecule has 0 radical (unpaired) electrons. The molecule has 3 heteroatoms. The van der Waals surface area contributed by atoms with Crippen LogP contribution in [0, 0.1) is 11.8 Å². The fourth-order valence-electron chi connectivity index (χ4n) is 2.21. The summed E-state index contributed by atoms with van der Waals surface area (Å²) in [6.45, 7) is 6.11. The second-order valence-electron chi connectivity index (χ2n) is 5.32. The molecule has 1 fully saturated rings. The zero-order valence-corrected chi connectivity index (χ0v) is 11.2. The summed E-state index contributed by atoms with van der Waals surface area (Å²) < 4.78 is 0. The summed E-state index contributed by atoms with van der Waals surface area (Å²) >= 11 is 0. The van der Waals surface area contributed by atoms with Gasteiger partial charge in [-0.25, -0.2) is 4.79 Å². The van der Waals surface area contributed by atoms with E-state index in [4.69, 9.17) is 0 Å². The normalized spacial score (nSPS) is 24.7. The molecule has 0 aromatic carbocycles. The van der Waals surface area contributed by atoms with Crippen molar-refractivity contribution in [2.75, 3.05) is 13.1 Å². The Morgan fingerprint density at radius 3 is 2.72 bits per heavy atom. The third kappa shape index (κ3) is 3.49. The first-order valence-corrected chi connectivity index (χ1v) is 6.78. The van der Waals surface area contributed by atoms with Crippen LogP contribution >= 0.6 is 0 Å². The van der Waals surface area contributed by atoms with E-state index in [-0.39, 0.29) is 6.03 Å². The Hall–Kier alpha value is -1.51. The standard InChI is InChI=1S/C15H22N2O/c1-12-4-3-5-14(7-6-12)16-15(18)17-10-8-13(2)9-11-17/h3-7,12-13H,8-11H2,1-2H3,(H,16,18). The van der Waals surface area contributed by atoms with Gasteiger partial charge in [0.1, 0.15) is 0 Å². The first-order chi connectivity index (χ1) is 8.65. The van der Waals surface area contributed by atoms with Crippen molar-refractivity contribution < 1.29 is 4.79 Å². The molecule has 1 aliphatic carbocycles. The molecule has 0 bridgehead atoms. The monoisotopic (exact) mass is 246 g/mol. The molecule has 2 rings (SSSR count). The maximum Gasteiger partial charge on any atom is 0.321 e. The molecular formula is C15H22N2O. The van der Waals surface area contributed by atoms with Crippen LogP contribution in [0.15, 0.2) is 36.1 Å². The van der Waals surface area contributed by atoms with E-state index in [1.165, 1.54) is 0 Å². The largest absolute Gasteiger partial charge is 0.325 e. The van der Waals surface area contributed by atoms with Crippen LogP contribution in [-0.4, -0.2) is 24.0 Å². The predicted molar refractivity (Wildman–Crippen MR) is 74.0 cm³/mol. The van der Waals surface area contributed by atoms with Crippen LogP contribution in [0.25, 0.3) is 0 Å². The van der Waals surface area contributed by atoms with Crippen molar-refractivity contribution in [3.8, 4) is 0 Å². The summed E-state index contributed by atoms with van der Waals surface area (Å²) in [7, 11) is 0. The van der Waals surface area contributed by atoms with E-state index in [9.17, 15) is 4.79 Å². The lowest BCUT2D eigenvalue weighted by Crippen LogP contribution is -2.43. The van der Waals surface area contributed by atoms with Crippen molar-refractivity contribution in [2.45, 2.75) is 26.7 Å². The molecule has 1 N–H and O–H groups in total. The summed E-state index contributed by atoms with van der Waals surface area (Å²) in [6, 6.07) is 0.0285. The Morgan fingerprint density at radius 1 is 1.28 bits per heavy atom. The number of rotatable bonds is 1. The van der Waals surface area contributed by atoms with Crippen LogP contribution < -0.4 is 5.32 Å². The second-order valence-corrected chi connectivity index (χ2v) is 5.32. The lowest BCUT2D eigenvalue weighted by molar-refractivity contribution is 0.177. The molecule has 0 spiro atoms. The van der Waals surface area contributed by atoms with Crippen LogP contribution in [0.1, 0.15) is 26.7 Å². The number of urea groups is 1. The van der Waals surface area contributed by atoms with E-state index in [2.05, 4.69) is 31.3 Å². The molecule has 3 nitrogen and oxygen atoms in total. The minimum Gasteiger partial charge on any atom is -0.325 e. The van der Waals surface area contributed by atoms with Crippen LogP contribution in [0.2, 0.25) is 0 Å². The summed E-state index contributed by atoms with van der Waals surface area (Å²) in [5.74, 6) is 1.17. The topological polar surface area (TPSA) is 32.3 Å². The number of carbonyl (C=O) groups is 1. The fraction of sp³-hybridized carbons (Fsp3) is 0.533. The number of nitrogens with one attached hydrogen (secondary N) is 1. The van der Waals surface area contributed by atoms with Gasteiger partial charge in [-0.3, -0.25) is 0 Å². The first-order valence-electron chi connectivity index (χ1n) is 6.78. The lowest BCUT2D eigenvalue weighted by atomic mass is 10.00. The second kappa shape index (κ2) is 5.89. The molecule has 98 valence electrons. The Morgan fingerprint density at radius 2 is 2.00 bits per heavy atom. The molecule has 1 aliphatic heterocycles. The van der Waals surface area contributed by atoms with E-state index >= 15 is 0 Å². The molecule has 0 aromatic rings. The van der Waals surface area contributed by atoms with Gasteiger partial charge >= 0.3 is 6.03 Å². The van der Waals surface area contributed by atoms with E-state index in [0.717, 1.165) is 37.5 Å². The molecule has 0 aromatic heterocycles. The number of amides is 2. The molecule has 2 amide bonds. The number of likely N-dealkylation sites (tertiary alicyclic amines) is 1. The molecule has 1 heterocycles. The summed E-state index contributed by atoms with van der Waals surface area (Å²) in [5, 5.41) is 2.97. The van der Waals surface area contributed by atoms with E-state index in [0.29, 0.717) is 5.92 Å². The van der Waals surface area contributed by atoms with Gasteiger partial charge in [0.15, 0.2) is 0 Å². The average molecular weight is 246 g/mol. The first kappa shape index (κ1) is 12.9. The Balaban J connectivity index is 1.89. The fourth-order valence-corrected chi connectivity index (χ4v) is 2.21. The quantitative estimate of drug-likeness (QED) is 0.757. The highest BCUT2D eigenvalue weighted by Gasteiger charge is 2.20. The van der Waals surface area contributed by atoms with Gasteiger partial charge in [-0.15, -0.1) is 0 Å². The van der Waals surface area contributed by atoms with E-state index in [1.807, 2.05) is 23.1 Å². The third-order valence-electron chi connectivity index (χ3n) is 3.59. The molecule has 0 saturated carbocycles. The van der Waals surface area contributed by atoms with Gasteiger partial charge in [0.2, 0.25) is 0 Å². The maximum absolute atomic E-state index is 12.1. The molecule has 2 aliphatic rings. The van der Waals surface area contributed by atoms with Crippen LogP contribution in [0.3, 0.4) is 0 Å². The molecule has 1 saturated heterocycles. The van der Waals surface area contributed by atoms with Gasteiger partial charge in [-0.1, -0.05) is 32.1 Å². The van der Waals surface area contributed by atoms with E-state index < -0.39 is 0 Å². The highest BCUT2D eigenvalue weighted by Crippen LogP contribution is 2.16. The van der Waals surface area contributed by atoms with Gasteiger partial charge in [0.05, 0.1) is 0 Å². The molecular weight excluding hydrogens is 224 g/mol. The number of allylic oxidation sites excluding steroid dienone is 5. The summed E-state index contributed by atoms with van der Waals surface area (Å²) in [4.78, 5) is 14.0. The average Bonchev–Trinajstić information content (AvgIpc) is 2.55. The van der Waals surface area contributed by atoms with Gasteiger partial charge in [0, 0.05) is 18.8 Å². The number of piperidine rings is 1. The highest BCUT2D eigenvalue weighted by atomic mass is 16.2. The highest BCUT2D eigenvalue weighted by molar-refractivity contribution is 5.76. The number of nitrogens with zero attached hydrogens (tertiary/aromatic N) is 1. The van der Waals surface area contributed by atoms with Gasteiger partial charge in [-0.05, 0) is 36.8 Å². The molecule has 1 atom stereocenters. The van der Waals surface area contributed by atoms with Crippen LogP contribution in [0.5, 0.6) is 0 Å². The minimum absolute atomic E-state index is 0.0285. The third-order valence-corrected chi connectivity index (χ3v) is 3.59. The van der Waals surface area contributed by atoms with Crippen LogP contribution in [-0.2, 0) is 0 Å².